The molecule has 0 spiro atoms. The van der Waals surface area contributed by atoms with Crippen molar-refractivity contribution in [2.75, 3.05) is 18.6 Å². The number of nitrogens with zero attached hydrogens (tertiary/aromatic N) is 1. The summed E-state index contributed by atoms with van der Waals surface area (Å²) in [6, 6.07) is 16.2. The molecule has 0 bridgehead atoms. The summed E-state index contributed by atoms with van der Waals surface area (Å²) in [5, 5.41) is 2.86. The fraction of sp³-hybridized carbons (Fsp3) is 0.217. The van der Waals surface area contributed by atoms with Gasteiger partial charge in [-0.1, -0.05) is 6.07 Å². The summed E-state index contributed by atoms with van der Waals surface area (Å²) in [7, 11) is 1.59. The number of aryl methyl sites for hydroxylation is 1. The van der Waals surface area contributed by atoms with Crippen molar-refractivity contribution in [3.63, 3.8) is 0 Å². The van der Waals surface area contributed by atoms with E-state index in [1.54, 1.807) is 48.4 Å². The number of amides is 2. The molecule has 3 aromatic rings. The molecule has 2 amide bonds. The zero-order valence-corrected chi connectivity index (χ0v) is 16.4. The number of ether oxygens (including phenoxy) is 1. The first-order valence-corrected chi connectivity index (χ1v) is 9.47. The minimum atomic E-state index is -0.203. The number of fused-ring (bicyclic) bond motifs is 1. The summed E-state index contributed by atoms with van der Waals surface area (Å²) in [6.07, 6.45) is 0.769. The number of hydrogen-bond donors (Lipinski definition) is 1. The fourth-order valence-electron chi connectivity index (χ4n) is 3.47. The fourth-order valence-corrected chi connectivity index (χ4v) is 3.47. The predicted octanol–water partition coefficient (Wildman–Crippen LogP) is 3.73. The third kappa shape index (κ3) is 3.87. The molecule has 6 nitrogen and oxygen atoms in total. The van der Waals surface area contributed by atoms with Crippen LogP contribution in [-0.2, 0) is 13.0 Å². The maximum absolute atomic E-state index is 13.0. The van der Waals surface area contributed by atoms with E-state index < -0.39 is 0 Å². The highest BCUT2D eigenvalue weighted by molar-refractivity contribution is 6.08. The highest BCUT2D eigenvalue weighted by atomic mass is 16.5. The van der Waals surface area contributed by atoms with Gasteiger partial charge in [0.2, 0.25) is 0 Å². The number of carbonyl (C=O) groups is 2. The highest BCUT2D eigenvalue weighted by Crippen LogP contribution is 2.30. The molecule has 0 radical (unpaired) electrons. The van der Waals surface area contributed by atoms with E-state index in [1.807, 2.05) is 25.1 Å². The van der Waals surface area contributed by atoms with Gasteiger partial charge in [0.05, 0.1) is 13.7 Å². The lowest BCUT2D eigenvalue weighted by molar-refractivity contribution is 0.0945. The molecule has 2 aromatic carbocycles. The van der Waals surface area contributed by atoms with Crippen LogP contribution in [0.3, 0.4) is 0 Å². The number of carbonyl (C=O) groups excluding carboxylic acids is 2. The van der Waals surface area contributed by atoms with Crippen LogP contribution >= 0.6 is 0 Å². The average Bonchev–Trinajstić information content (AvgIpc) is 3.37. The van der Waals surface area contributed by atoms with Gasteiger partial charge in [0, 0.05) is 23.4 Å². The Bertz CT molecular complexity index is 1050. The molecular formula is C23H22N2O4. The second-order valence-electron chi connectivity index (χ2n) is 6.97. The Morgan fingerprint density at radius 3 is 2.52 bits per heavy atom. The van der Waals surface area contributed by atoms with Gasteiger partial charge in [-0.05, 0) is 67.4 Å². The number of rotatable bonds is 5. The van der Waals surface area contributed by atoms with Gasteiger partial charge in [-0.2, -0.15) is 0 Å². The van der Waals surface area contributed by atoms with Crippen molar-refractivity contribution in [3.8, 4) is 5.75 Å². The van der Waals surface area contributed by atoms with Gasteiger partial charge in [0.15, 0.2) is 0 Å². The SMILES string of the molecule is COc1ccc(C(=O)N2CCc3ccc(C(=O)NCc4ccc(C)o4)cc32)cc1. The molecule has 0 saturated carbocycles. The van der Waals surface area contributed by atoms with Crippen LogP contribution in [0.4, 0.5) is 5.69 Å². The molecule has 29 heavy (non-hydrogen) atoms. The van der Waals surface area contributed by atoms with Crippen LogP contribution in [0.1, 0.15) is 37.8 Å². The van der Waals surface area contributed by atoms with E-state index in [0.717, 1.165) is 23.4 Å². The Kier molecular flexibility index (Phi) is 5.08. The van der Waals surface area contributed by atoms with E-state index >= 15 is 0 Å². The number of anilines is 1. The minimum absolute atomic E-state index is 0.0879. The molecule has 0 unspecified atom stereocenters. The molecule has 1 N–H and O–H groups in total. The largest absolute Gasteiger partial charge is 0.497 e. The Morgan fingerprint density at radius 1 is 1.07 bits per heavy atom. The van der Waals surface area contributed by atoms with Crippen molar-refractivity contribution >= 4 is 17.5 Å². The smallest absolute Gasteiger partial charge is 0.258 e. The van der Waals surface area contributed by atoms with Crippen molar-refractivity contribution in [3.05, 3.63) is 82.8 Å². The lowest BCUT2D eigenvalue weighted by Crippen LogP contribution is -2.29. The van der Waals surface area contributed by atoms with Crippen LogP contribution in [0.5, 0.6) is 5.75 Å². The number of nitrogens with one attached hydrogen (secondary N) is 1. The van der Waals surface area contributed by atoms with Crippen LogP contribution in [0.25, 0.3) is 0 Å². The van der Waals surface area contributed by atoms with Crippen molar-refractivity contribution in [1.29, 1.82) is 0 Å². The summed E-state index contributed by atoms with van der Waals surface area (Å²) in [5.74, 6) is 1.92. The van der Waals surface area contributed by atoms with Gasteiger partial charge in [-0.15, -0.1) is 0 Å². The molecule has 1 aliphatic heterocycles. The van der Waals surface area contributed by atoms with Gasteiger partial charge in [-0.3, -0.25) is 9.59 Å². The van der Waals surface area contributed by atoms with Crippen molar-refractivity contribution in [1.82, 2.24) is 5.32 Å². The molecule has 148 valence electrons. The first kappa shape index (κ1) is 18.8. The Balaban J connectivity index is 1.51. The molecule has 0 atom stereocenters. The molecule has 1 aromatic heterocycles. The minimum Gasteiger partial charge on any atom is -0.497 e. The van der Waals surface area contributed by atoms with E-state index in [1.165, 1.54) is 0 Å². The Labute approximate surface area is 169 Å². The molecule has 2 heterocycles. The third-order valence-electron chi connectivity index (χ3n) is 5.04. The van der Waals surface area contributed by atoms with Gasteiger partial charge in [0.1, 0.15) is 17.3 Å². The number of hydrogen-bond acceptors (Lipinski definition) is 4. The second-order valence-corrected chi connectivity index (χ2v) is 6.97. The second kappa shape index (κ2) is 7.83. The van der Waals surface area contributed by atoms with E-state index in [0.29, 0.717) is 35.7 Å². The van der Waals surface area contributed by atoms with Crippen LogP contribution in [0.15, 0.2) is 59.0 Å². The summed E-state index contributed by atoms with van der Waals surface area (Å²) in [4.78, 5) is 27.3. The Hall–Kier alpha value is -3.54. The molecule has 4 rings (SSSR count). The average molecular weight is 390 g/mol. The van der Waals surface area contributed by atoms with Crippen LogP contribution in [-0.4, -0.2) is 25.5 Å². The molecule has 0 saturated heterocycles. The summed E-state index contributed by atoms with van der Waals surface area (Å²) in [5.41, 5.74) is 2.94. The Morgan fingerprint density at radius 2 is 1.83 bits per heavy atom. The van der Waals surface area contributed by atoms with Gasteiger partial charge in [-0.25, -0.2) is 0 Å². The highest BCUT2D eigenvalue weighted by Gasteiger charge is 2.26. The lowest BCUT2D eigenvalue weighted by atomic mass is 10.1. The first-order valence-electron chi connectivity index (χ1n) is 9.47. The lowest BCUT2D eigenvalue weighted by Gasteiger charge is -2.18. The van der Waals surface area contributed by atoms with Crippen LogP contribution in [0, 0.1) is 6.92 Å². The maximum Gasteiger partial charge on any atom is 0.258 e. The van der Waals surface area contributed by atoms with E-state index in [9.17, 15) is 9.59 Å². The van der Waals surface area contributed by atoms with Crippen LogP contribution < -0.4 is 15.0 Å². The molecule has 6 heteroatoms. The normalized spacial score (nSPS) is 12.6. The quantitative estimate of drug-likeness (QED) is 0.721. The van der Waals surface area contributed by atoms with Crippen molar-refractivity contribution in [2.45, 2.75) is 19.9 Å². The number of methoxy groups -OCH3 is 1. The van der Waals surface area contributed by atoms with Crippen molar-refractivity contribution < 1.29 is 18.7 Å². The third-order valence-corrected chi connectivity index (χ3v) is 5.04. The van der Waals surface area contributed by atoms with Crippen molar-refractivity contribution in [2.24, 2.45) is 0 Å². The standard InChI is InChI=1S/C23H22N2O4/c1-15-3-8-20(29-15)14-24-22(26)18-5-4-16-11-12-25(21(16)13-18)23(27)17-6-9-19(28-2)10-7-17/h3-10,13H,11-12,14H2,1-2H3,(H,24,26). The summed E-state index contributed by atoms with van der Waals surface area (Å²) < 4.78 is 10.6. The molecular weight excluding hydrogens is 368 g/mol. The number of benzene rings is 2. The molecule has 1 aliphatic rings. The number of furan rings is 1. The topological polar surface area (TPSA) is 71.8 Å². The molecule has 0 fully saturated rings. The van der Waals surface area contributed by atoms with Crippen LogP contribution in [0.2, 0.25) is 0 Å². The van der Waals surface area contributed by atoms with Gasteiger partial charge in [0.25, 0.3) is 11.8 Å². The van der Waals surface area contributed by atoms with E-state index in [-0.39, 0.29) is 11.8 Å². The zero-order valence-electron chi connectivity index (χ0n) is 16.4. The van der Waals surface area contributed by atoms with Gasteiger partial charge >= 0.3 is 0 Å². The van der Waals surface area contributed by atoms with E-state index in [2.05, 4.69) is 5.32 Å². The van der Waals surface area contributed by atoms with Gasteiger partial charge < -0.3 is 19.4 Å². The monoisotopic (exact) mass is 390 g/mol. The zero-order chi connectivity index (χ0) is 20.4. The maximum atomic E-state index is 13.0. The summed E-state index contributed by atoms with van der Waals surface area (Å²) >= 11 is 0. The molecule has 0 aliphatic carbocycles. The first-order chi connectivity index (χ1) is 14.0. The van der Waals surface area contributed by atoms with E-state index in [4.69, 9.17) is 9.15 Å². The predicted molar refractivity (Wildman–Crippen MR) is 109 cm³/mol. The summed E-state index contributed by atoms with van der Waals surface area (Å²) in [6.45, 7) is 2.77.